The number of benzene rings is 1. The number of carboxylic acid groups (broad SMARTS) is 1. The fourth-order valence-corrected chi connectivity index (χ4v) is 3.67. The second-order valence-electron chi connectivity index (χ2n) is 7.61. The Labute approximate surface area is 182 Å². The lowest BCUT2D eigenvalue weighted by molar-refractivity contribution is 0.0690. The van der Waals surface area contributed by atoms with Crippen LogP contribution < -0.4 is 5.32 Å². The molecule has 1 atom stereocenters. The lowest BCUT2D eigenvalue weighted by Crippen LogP contribution is -2.20. The van der Waals surface area contributed by atoms with Crippen molar-refractivity contribution >= 4 is 22.6 Å². The summed E-state index contributed by atoms with van der Waals surface area (Å²) in [7, 11) is 0. The van der Waals surface area contributed by atoms with E-state index in [1.807, 2.05) is 6.92 Å². The Hall–Kier alpha value is -4.01. The van der Waals surface area contributed by atoms with E-state index in [0.717, 1.165) is 47.0 Å². The van der Waals surface area contributed by atoms with Crippen LogP contribution in [-0.4, -0.2) is 30.8 Å². The highest BCUT2D eigenvalue weighted by Gasteiger charge is 2.26. The van der Waals surface area contributed by atoms with Gasteiger partial charge in [-0.05, 0) is 49.1 Å². The first kappa shape index (κ1) is 19.9. The Kier molecular flexibility index (Phi) is 4.93. The first-order chi connectivity index (χ1) is 15.5. The minimum Gasteiger partial charge on any atom is -0.476 e. The van der Waals surface area contributed by atoms with E-state index in [9.17, 15) is 9.18 Å². The van der Waals surface area contributed by atoms with Gasteiger partial charge < -0.3 is 14.8 Å². The number of halogens is 1. The highest BCUT2D eigenvalue weighted by atomic mass is 19.1. The number of oxazole rings is 1. The summed E-state index contributed by atoms with van der Waals surface area (Å²) in [4.78, 5) is 19.7. The third kappa shape index (κ3) is 3.62. The molecule has 4 aromatic rings. The van der Waals surface area contributed by atoms with Crippen LogP contribution in [0.2, 0.25) is 0 Å². The molecule has 8 nitrogen and oxygen atoms in total. The van der Waals surface area contributed by atoms with Gasteiger partial charge in [-0.25, -0.2) is 18.9 Å². The van der Waals surface area contributed by atoms with Gasteiger partial charge in [-0.2, -0.15) is 5.10 Å². The van der Waals surface area contributed by atoms with Crippen molar-refractivity contribution in [2.24, 2.45) is 0 Å². The number of carboxylic acids is 1. The number of nitrogens with one attached hydrogen (secondary N) is 1. The SMILES string of the molecule is CCC(NC(=C1CC1)c1cncc2c1cnn2-c1ccc(F)cc1)c1nc(C(=O)O)co1. The van der Waals surface area contributed by atoms with Crippen LogP contribution in [0.5, 0.6) is 0 Å². The molecule has 0 aliphatic heterocycles. The van der Waals surface area contributed by atoms with Crippen molar-refractivity contribution < 1.29 is 18.7 Å². The van der Waals surface area contributed by atoms with Gasteiger partial charge in [-0.3, -0.25) is 4.98 Å². The average molecular weight is 433 g/mol. The zero-order valence-corrected chi connectivity index (χ0v) is 17.2. The van der Waals surface area contributed by atoms with Crippen molar-refractivity contribution in [3.05, 3.63) is 77.7 Å². The van der Waals surface area contributed by atoms with Crippen molar-refractivity contribution in [3.63, 3.8) is 0 Å². The van der Waals surface area contributed by atoms with Crippen molar-refractivity contribution in [1.29, 1.82) is 0 Å². The predicted octanol–water partition coefficient (Wildman–Crippen LogP) is 4.49. The van der Waals surface area contributed by atoms with Gasteiger partial charge in [0.05, 0.1) is 23.6 Å². The molecule has 2 N–H and O–H groups in total. The summed E-state index contributed by atoms with van der Waals surface area (Å²) in [5, 5.41) is 18.1. The molecule has 0 bridgehead atoms. The minimum atomic E-state index is -1.13. The van der Waals surface area contributed by atoms with Crippen LogP contribution in [0.1, 0.15) is 54.2 Å². The van der Waals surface area contributed by atoms with Crippen LogP contribution in [0.4, 0.5) is 4.39 Å². The van der Waals surface area contributed by atoms with Crippen LogP contribution in [0, 0.1) is 5.82 Å². The van der Waals surface area contributed by atoms with Crippen LogP contribution in [0.15, 0.2) is 59.1 Å². The van der Waals surface area contributed by atoms with Gasteiger partial charge in [0, 0.05) is 22.8 Å². The standard InChI is InChI=1S/C23H20FN5O3/c1-2-18(22-28-19(12-32-22)23(30)31)27-21(13-3-4-13)17-9-25-11-20-16(17)10-26-29(20)15-7-5-14(24)6-8-15/h5-12,18,27H,2-4H2,1H3,(H,30,31). The molecule has 162 valence electrons. The Bertz CT molecular complexity index is 1330. The number of allylic oxidation sites excluding steroid dienone is 1. The Morgan fingerprint density at radius 2 is 2.03 bits per heavy atom. The van der Waals surface area contributed by atoms with Gasteiger partial charge in [0.2, 0.25) is 5.89 Å². The topological polar surface area (TPSA) is 106 Å². The van der Waals surface area contributed by atoms with Gasteiger partial charge in [0.25, 0.3) is 0 Å². The van der Waals surface area contributed by atoms with Crippen molar-refractivity contribution in [2.45, 2.75) is 32.2 Å². The first-order valence-corrected chi connectivity index (χ1v) is 10.3. The summed E-state index contributed by atoms with van der Waals surface area (Å²) in [5.41, 5.74) is 4.49. The molecule has 1 saturated carbocycles. The molecule has 32 heavy (non-hydrogen) atoms. The largest absolute Gasteiger partial charge is 0.476 e. The summed E-state index contributed by atoms with van der Waals surface area (Å²) < 4.78 is 20.5. The highest BCUT2D eigenvalue weighted by molar-refractivity contribution is 5.92. The van der Waals surface area contributed by atoms with Gasteiger partial charge in [0.15, 0.2) is 5.69 Å². The van der Waals surface area contributed by atoms with Crippen molar-refractivity contribution in [2.75, 3.05) is 0 Å². The van der Waals surface area contributed by atoms with Crippen molar-refractivity contribution in [3.8, 4) is 5.69 Å². The summed E-state index contributed by atoms with van der Waals surface area (Å²) in [6.45, 7) is 1.98. The number of aromatic carboxylic acids is 1. The fraction of sp³-hybridized carbons (Fsp3) is 0.217. The van der Waals surface area contributed by atoms with E-state index < -0.39 is 5.97 Å². The van der Waals surface area contributed by atoms with Crippen LogP contribution >= 0.6 is 0 Å². The predicted molar refractivity (Wildman–Crippen MR) is 115 cm³/mol. The van der Waals surface area contributed by atoms with E-state index in [4.69, 9.17) is 9.52 Å². The van der Waals surface area contributed by atoms with E-state index >= 15 is 0 Å². The second-order valence-corrected chi connectivity index (χ2v) is 7.61. The quantitative estimate of drug-likeness (QED) is 0.442. The number of aromatic nitrogens is 4. The third-order valence-electron chi connectivity index (χ3n) is 5.46. The van der Waals surface area contributed by atoms with Gasteiger partial charge in [-0.1, -0.05) is 6.92 Å². The van der Waals surface area contributed by atoms with Crippen LogP contribution in [0.25, 0.3) is 22.3 Å². The maximum Gasteiger partial charge on any atom is 0.357 e. The molecule has 0 amide bonds. The molecule has 1 aromatic carbocycles. The Balaban J connectivity index is 1.53. The van der Waals surface area contributed by atoms with Crippen molar-refractivity contribution in [1.82, 2.24) is 25.1 Å². The van der Waals surface area contributed by atoms with E-state index in [0.29, 0.717) is 12.3 Å². The molecule has 0 spiro atoms. The smallest absolute Gasteiger partial charge is 0.357 e. The van der Waals surface area contributed by atoms with E-state index in [1.54, 1.807) is 35.4 Å². The maximum atomic E-state index is 13.3. The van der Waals surface area contributed by atoms with Gasteiger partial charge >= 0.3 is 5.97 Å². The molecule has 5 rings (SSSR count). The summed E-state index contributed by atoms with van der Waals surface area (Å²) in [6.07, 6.45) is 9.03. The summed E-state index contributed by atoms with van der Waals surface area (Å²) >= 11 is 0. The lowest BCUT2D eigenvalue weighted by Gasteiger charge is -2.18. The van der Waals surface area contributed by atoms with Crippen LogP contribution in [-0.2, 0) is 0 Å². The number of carbonyl (C=O) groups is 1. The van der Waals surface area contributed by atoms with E-state index in [-0.39, 0.29) is 17.6 Å². The lowest BCUT2D eigenvalue weighted by atomic mass is 10.1. The molecule has 0 radical (unpaired) electrons. The van der Waals surface area contributed by atoms with Gasteiger partial charge in [0.1, 0.15) is 18.1 Å². The van der Waals surface area contributed by atoms with Gasteiger partial charge in [-0.15, -0.1) is 0 Å². The van der Waals surface area contributed by atoms with E-state index in [1.165, 1.54) is 17.7 Å². The molecule has 0 saturated heterocycles. The first-order valence-electron chi connectivity index (χ1n) is 10.3. The van der Waals surface area contributed by atoms with Crippen LogP contribution in [0.3, 0.4) is 0 Å². The molecule has 3 aromatic heterocycles. The Morgan fingerprint density at radius 1 is 1.25 bits per heavy atom. The number of nitrogens with zero attached hydrogens (tertiary/aromatic N) is 4. The number of hydrogen-bond donors (Lipinski definition) is 2. The minimum absolute atomic E-state index is 0.120. The monoisotopic (exact) mass is 433 g/mol. The number of hydrogen-bond acceptors (Lipinski definition) is 6. The normalized spacial score (nSPS) is 13.9. The fourth-order valence-electron chi connectivity index (χ4n) is 3.67. The molecule has 1 aliphatic carbocycles. The average Bonchev–Trinajstić information content (AvgIpc) is 3.34. The zero-order chi connectivity index (χ0) is 22.2. The molecule has 1 unspecified atom stereocenters. The molecule has 9 heteroatoms. The summed E-state index contributed by atoms with van der Waals surface area (Å²) in [6, 6.07) is 5.83. The number of fused-ring (bicyclic) bond motifs is 1. The molecule has 1 fully saturated rings. The molecule has 3 heterocycles. The number of pyridine rings is 1. The maximum absolute atomic E-state index is 13.3. The molecular weight excluding hydrogens is 413 g/mol. The second kappa shape index (κ2) is 7.92. The third-order valence-corrected chi connectivity index (χ3v) is 5.46. The summed E-state index contributed by atoms with van der Waals surface area (Å²) in [5.74, 6) is -1.11. The Morgan fingerprint density at radius 3 is 2.69 bits per heavy atom. The number of rotatable bonds is 7. The van der Waals surface area contributed by atoms with E-state index in [2.05, 4.69) is 20.4 Å². The zero-order valence-electron chi connectivity index (χ0n) is 17.2. The molecular formula is C23H20FN5O3. The molecule has 1 aliphatic rings. The highest BCUT2D eigenvalue weighted by Crippen LogP contribution is 2.38.